The topological polar surface area (TPSA) is 57.0 Å². The zero-order valence-electron chi connectivity index (χ0n) is 14.0. The molecule has 0 aliphatic carbocycles. The van der Waals surface area contributed by atoms with Crippen molar-refractivity contribution in [1.82, 2.24) is 14.8 Å². The van der Waals surface area contributed by atoms with E-state index in [1.54, 1.807) is 10.1 Å². The first-order valence-corrected chi connectivity index (χ1v) is 8.95. The molecule has 0 saturated heterocycles. The Bertz CT molecular complexity index is 1100. The van der Waals surface area contributed by atoms with Gasteiger partial charge in [0.15, 0.2) is 0 Å². The van der Waals surface area contributed by atoms with Crippen LogP contribution in [0.4, 0.5) is 0 Å². The molecule has 26 heavy (non-hydrogen) atoms. The molecule has 0 saturated carbocycles. The standard InChI is InChI=1S/C20H15N3O2S/c1-2-6-14-9-10-16-17(11-14)23(20-21-18(12-26-20)25-13-24)22-19(16)15-7-4-3-5-8-15/h2-13H,1H3/b6-2-. The van der Waals surface area contributed by atoms with E-state index in [2.05, 4.69) is 23.2 Å². The molecule has 0 fully saturated rings. The summed E-state index contributed by atoms with van der Waals surface area (Å²) in [6.07, 6.45) is 4.04. The highest BCUT2D eigenvalue weighted by Gasteiger charge is 2.16. The molecule has 4 aromatic rings. The van der Waals surface area contributed by atoms with Crippen LogP contribution in [-0.2, 0) is 4.79 Å². The Balaban J connectivity index is 1.95. The molecule has 0 atom stereocenters. The van der Waals surface area contributed by atoms with E-state index < -0.39 is 0 Å². The Labute approximate surface area is 154 Å². The van der Waals surface area contributed by atoms with Crippen LogP contribution in [0.25, 0.3) is 33.4 Å². The van der Waals surface area contributed by atoms with Gasteiger partial charge in [0.25, 0.3) is 6.47 Å². The first-order valence-electron chi connectivity index (χ1n) is 8.07. The van der Waals surface area contributed by atoms with Crippen molar-refractivity contribution < 1.29 is 9.53 Å². The van der Waals surface area contributed by atoms with Gasteiger partial charge in [0, 0.05) is 10.9 Å². The highest BCUT2D eigenvalue weighted by molar-refractivity contribution is 7.12. The molecule has 6 heteroatoms. The Morgan fingerprint density at radius 1 is 1.15 bits per heavy atom. The van der Waals surface area contributed by atoms with Crippen LogP contribution in [0, 0.1) is 0 Å². The Kier molecular flexibility index (Phi) is 4.33. The molecule has 0 spiro atoms. The summed E-state index contributed by atoms with van der Waals surface area (Å²) in [7, 11) is 0. The van der Waals surface area contributed by atoms with Crippen molar-refractivity contribution >= 4 is 34.8 Å². The maximum atomic E-state index is 10.6. The monoisotopic (exact) mass is 361 g/mol. The minimum atomic E-state index is 0.273. The zero-order chi connectivity index (χ0) is 17.9. The van der Waals surface area contributed by atoms with Crippen molar-refractivity contribution in [3.63, 3.8) is 0 Å². The van der Waals surface area contributed by atoms with Crippen LogP contribution >= 0.6 is 11.3 Å². The van der Waals surface area contributed by atoms with Gasteiger partial charge in [-0.3, -0.25) is 4.79 Å². The maximum Gasteiger partial charge on any atom is 0.299 e. The highest BCUT2D eigenvalue weighted by atomic mass is 32.1. The number of hydrogen-bond donors (Lipinski definition) is 0. The fourth-order valence-corrected chi connectivity index (χ4v) is 3.53. The Morgan fingerprint density at radius 3 is 2.77 bits per heavy atom. The highest BCUT2D eigenvalue weighted by Crippen LogP contribution is 2.32. The molecule has 2 aromatic heterocycles. The molecule has 5 nitrogen and oxygen atoms in total. The minimum Gasteiger partial charge on any atom is -0.409 e. The molecule has 0 amide bonds. The molecule has 128 valence electrons. The molecule has 2 heterocycles. The number of ether oxygens (including phenoxy) is 1. The van der Waals surface area contributed by atoms with Crippen LogP contribution in [0.3, 0.4) is 0 Å². The molecule has 0 aliphatic rings. The van der Waals surface area contributed by atoms with Crippen molar-refractivity contribution in [2.24, 2.45) is 0 Å². The quantitative estimate of drug-likeness (QED) is 0.483. The molecule has 0 bridgehead atoms. The normalized spacial score (nSPS) is 11.3. The van der Waals surface area contributed by atoms with Gasteiger partial charge in [-0.05, 0) is 24.6 Å². The van der Waals surface area contributed by atoms with E-state index in [0.717, 1.165) is 27.7 Å². The summed E-state index contributed by atoms with van der Waals surface area (Å²) in [5.41, 5.74) is 3.96. The van der Waals surface area contributed by atoms with Crippen molar-refractivity contribution in [2.75, 3.05) is 0 Å². The predicted octanol–water partition coefficient (Wildman–Crippen LogP) is 4.72. The predicted molar refractivity (Wildman–Crippen MR) is 104 cm³/mol. The van der Waals surface area contributed by atoms with Gasteiger partial charge < -0.3 is 4.74 Å². The van der Waals surface area contributed by atoms with Crippen LogP contribution in [0.1, 0.15) is 12.5 Å². The van der Waals surface area contributed by atoms with E-state index in [-0.39, 0.29) is 5.88 Å². The average Bonchev–Trinajstić information content (AvgIpc) is 3.27. The van der Waals surface area contributed by atoms with Crippen molar-refractivity contribution in [3.8, 4) is 22.3 Å². The van der Waals surface area contributed by atoms with Gasteiger partial charge in [0.05, 0.1) is 10.9 Å². The summed E-state index contributed by atoms with van der Waals surface area (Å²) in [5.74, 6) is 0.273. The molecule has 0 unspecified atom stereocenters. The second kappa shape index (κ2) is 6.93. The van der Waals surface area contributed by atoms with Gasteiger partial charge in [-0.25, -0.2) is 4.68 Å². The lowest BCUT2D eigenvalue weighted by atomic mass is 10.1. The van der Waals surface area contributed by atoms with E-state index in [9.17, 15) is 4.79 Å². The van der Waals surface area contributed by atoms with Crippen molar-refractivity contribution in [1.29, 1.82) is 0 Å². The smallest absolute Gasteiger partial charge is 0.299 e. The molecule has 0 radical (unpaired) electrons. The Morgan fingerprint density at radius 2 is 2.00 bits per heavy atom. The number of nitrogens with zero attached hydrogens (tertiary/aromatic N) is 3. The third-order valence-corrected chi connectivity index (χ3v) is 4.73. The molecular weight excluding hydrogens is 346 g/mol. The second-order valence-corrected chi connectivity index (χ2v) is 6.42. The fourth-order valence-electron chi connectivity index (χ4n) is 2.83. The summed E-state index contributed by atoms with van der Waals surface area (Å²) in [5, 5.41) is 8.18. The van der Waals surface area contributed by atoms with Crippen LogP contribution in [-0.4, -0.2) is 21.2 Å². The largest absolute Gasteiger partial charge is 0.409 e. The lowest BCUT2D eigenvalue weighted by Crippen LogP contribution is -1.97. The molecule has 0 N–H and O–H groups in total. The number of fused-ring (bicyclic) bond motifs is 1. The summed E-state index contributed by atoms with van der Waals surface area (Å²) in [6, 6.07) is 16.3. The summed E-state index contributed by atoms with van der Waals surface area (Å²) < 4.78 is 6.64. The molecular formula is C20H15N3O2S. The number of rotatable bonds is 5. The van der Waals surface area contributed by atoms with Gasteiger partial charge >= 0.3 is 0 Å². The summed E-state index contributed by atoms with van der Waals surface area (Å²) in [6.45, 7) is 2.36. The third kappa shape index (κ3) is 2.91. The van der Waals surface area contributed by atoms with Crippen LogP contribution in [0.15, 0.2) is 60.0 Å². The van der Waals surface area contributed by atoms with Crippen molar-refractivity contribution in [3.05, 3.63) is 65.6 Å². The van der Waals surface area contributed by atoms with E-state index in [4.69, 9.17) is 9.84 Å². The second-order valence-electron chi connectivity index (χ2n) is 5.59. The zero-order valence-corrected chi connectivity index (χ0v) is 14.8. The van der Waals surface area contributed by atoms with Gasteiger partial charge in [-0.2, -0.15) is 10.1 Å². The number of carbonyl (C=O) groups excluding carboxylic acids is 1. The average molecular weight is 361 g/mol. The minimum absolute atomic E-state index is 0.273. The first-order chi connectivity index (χ1) is 12.8. The molecule has 2 aromatic carbocycles. The van der Waals surface area contributed by atoms with Gasteiger partial charge in [-0.15, -0.1) is 0 Å². The third-order valence-electron chi connectivity index (χ3n) is 3.93. The van der Waals surface area contributed by atoms with Crippen molar-refractivity contribution in [2.45, 2.75) is 6.92 Å². The van der Waals surface area contributed by atoms with E-state index in [1.807, 2.05) is 49.4 Å². The molecule has 4 rings (SSSR count). The lowest BCUT2D eigenvalue weighted by Gasteiger charge is -1.99. The first kappa shape index (κ1) is 16.2. The number of carbonyl (C=O) groups is 1. The number of aromatic nitrogens is 3. The van der Waals surface area contributed by atoms with Crippen LogP contribution < -0.4 is 4.74 Å². The SMILES string of the molecule is C/C=C\c1ccc2c(-c3ccccc3)nn(-c3nc(OC=O)cs3)c2c1. The van der Waals surface area contributed by atoms with Crippen LogP contribution in [0.5, 0.6) is 5.88 Å². The van der Waals surface area contributed by atoms with E-state index in [0.29, 0.717) is 11.6 Å². The lowest BCUT2D eigenvalue weighted by molar-refractivity contribution is -0.120. The maximum absolute atomic E-state index is 10.6. The van der Waals surface area contributed by atoms with Crippen LogP contribution in [0.2, 0.25) is 0 Å². The number of hydrogen-bond acceptors (Lipinski definition) is 5. The Hall–Kier alpha value is -3.25. The van der Waals surface area contributed by atoms with Gasteiger partial charge in [0.2, 0.25) is 11.0 Å². The fraction of sp³-hybridized carbons (Fsp3) is 0.0500. The van der Waals surface area contributed by atoms with E-state index >= 15 is 0 Å². The van der Waals surface area contributed by atoms with Gasteiger partial charge in [0.1, 0.15) is 5.69 Å². The van der Waals surface area contributed by atoms with Gasteiger partial charge in [-0.1, -0.05) is 59.9 Å². The van der Waals surface area contributed by atoms with E-state index in [1.165, 1.54) is 11.3 Å². The number of thiazole rings is 1. The number of allylic oxidation sites excluding steroid dienone is 1. The number of benzene rings is 2. The molecule has 0 aliphatic heterocycles. The summed E-state index contributed by atoms with van der Waals surface area (Å²) in [4.78, 5) is 14.9. The summed E-state index contributed by atoms with van der Waals surface area (Å²) >= 11 is 1.37.